The van der Waals surface area contributed by atoms with Crippen LogP contribution in [0, 0.1) is 0 Å². The number of methoxy groups -OCH3 is 2. The maximum absolute atomic E-state index is 13.9. The Labute approximate surface area is 239 Å². The number of para-hydroxylation sites is 1. The molecule has 0 N–H and O–H groups in total. The van der Waals surface area contributed by atoms with Gasteiger partial charge in [-0.25, -0.2) is 9.79 Å². The van der Waals surface area contributed by atoms with Crippen LogP contribution >= 0.6 is 27.3 Å². The second-order valence-electron chi connectivity index (χ2n) is 8.84. The molecule has 3 aromatic rings. The van der Waals surface area contributed by atoms with E-state index in [0.717, 1.165) is 28.6 Å². The van der Waals surface area contributed by atoms with Crippen molar-refractivity contribution in [2.75, 3.05) is 34.0 Å². The van der Waals surface area contributed by atoms with Gasteiger partial charge in [-0.15, -0.1) is 0 Å². The van der Waals surface area contributed by atoms with Crippen molar-refractivity contribution in [2.45, 2.75) is 32.7 Å². The molecule has 0 amide bonds. The summed E-state index contributed by atoms with van der Waals surface area (Å²) in [5.74, 6) is 0.753. The standard InChI is InChI=1S/C29H31BrN2O6S/c1-5-6-13-37-23-12-11-19(16-21(23)30)17-24-27(33)32-26(20-9-7-8-10-22(20)36-4)25(18(2)31-29(32)39-24)28(34)38-15-14-35-3/h7-12,16-17,26H,5-6,13-15H2,1-4H3. The molecule has 1 aliphatic heterocycles. The summed E-state index contributed by atoms with van der Waals surface area (Å²) < 4.78 is 24.8. The number of allylic oxidation sites excluding steroid dienone is 1. The number of unbranched alkanes of at least 4 members (excludes halogenated alkanes) is 1. The summed E-state index contributed by atoms with van der Waals surface area (Å²) in [7, 11) is 3.09. The lowest BCUT2D eigenvalue weighted by Crippen LogP contribution is -2.40. The minimum absolute atomic E-state index is 0.0855. The lowest BCUT2D eigenvalue weighted by molar-refractivity contribution is -0.140. The molecule has 1 aliphatic rings. The van der Waals surface area contributed by atoms with Gasteiger partial charge in [0.25, 0.3) is 5.56 Å². The Morgan fingerprint density at radius 3 is 2.64 bits per heavy atom. The highest BCUT2D eigenvalue weighted by atomic mass is 79.9. The van der Waals surface area contributed by atoms with Crippen molar-refractivity contribution >= 4 is 39.3 Å². The molecule has 0 saturated carbocycles. The number of fused-ring (bicyclic) bond motifs is 1. The number of halogens is 1. The third-order valence-corrected chi connectivity index (χ3v) is 7.81. The highest BCUT2D eigenvalue weighted by Gasteiger charge is 2.35. The molecule has 0 bridgehead atoms. The molecule has 0 saturated heterocycles. The van der Waals surface area contributed by atoms with Crippen molar-refractivity contribution < 1.29 is 23.7 Å². The number of benzene rings is 2. The van der Waals surface area contributed by atoms with Crippen LogP contribution < -0.4 is 24.4 Å². The first-order chi connectivity index (χ1) is 18.9. The van der Waals surface area contributed by atoms with Crippen molar-refractivity contribution in [1.29, 1.82) is 0 Å². The van der Waals surface area contributed by atoms with Crippen LogP contribution in [-0.2, 0) is 14.3 Å². The third kappa shape index (κ3) is 6.34. The first-order valence-electron chi connectivity index (χ1n) is 12.6. The van der Waals surface area contributed by atoms with Gasteiger partial charge >= 0.3 is 5.97 Å². The Morgan fingerprint density at radius 1 is 1.13 bits per heavy atom. The van der Waals surface area contributed by atoms with E-state index in [4.69, 9.17) is 18.9 Å². The molecule has 39 heavy (non-hydrogen) atoms. The van der Waals surface area contributed by atoms with E-state index in [0.29, 0.717) is 33.0 Å². The summed E-state index contributed by atoms with van der Waals surface area (Å²) in [6.07, 6.45) is 3.85. The molecule has 4 rings (SSSR count). The molecule has 0 spiro atoms. The monoisotopic (exact) mass is 614 g/mol. The summed E-state index contributed by atoms with van der Waals surface area (Å²) in [5, 5.41) is 0. The number of thiazole rings is 1. The molecule has 1 aromatic heterocycles. The van der Waals surface area contributed by atoms with Gasteiger partial charge < -0.3 is 18.9 Å². The zero-order chi connectivity index (χ0) is 27.9. The lowest BCUT2D eigenvalue weighted by Gasteiger charge is -2.26. The molecule has 8 nitrogen and oxygen atoms in total. The largest absolute Gasteiger partial charge is 0.496 e. The number of rotatable bonds is 11. The van der Waals surface area contributed by atoms with Gasteiger partial charge in [-0.3, -0.25) is 9.36 Å². The van der Waals surface area contributed by atoms with Crippen molar-refractivity contribution in [3.8, 4) is 11.5 Å². The van der Waals surface area contributed by atoms with Crippen LogP contribution in [0.15, 0.2) is 68.0 Å². The fourth-order valence-electron chi connectivity index (χ4n) is 4.27. The lowest BCUT2D eigenvalue weighted by atomic mass is 9.95. The molecule has 0 fully saturated rings. The van der Waals surface area contributed by atoms with Crippen LogP contribution in [0.1, 0.15) is 43.9 Å². The van der Waals surface area contributed by atoms with E-state index in [9.17, 15) is 9.59 Å². The molecule has 2 heterocycles. The average molecular weight is 616 g/mol. The number of nitrogens with zero attached hydrogens (tertiary/aromatic N) is 2. The van der Waals surface area contributed by atoms with Crippen LogP contribution in [0.25, 0.3) is 6.08 Å². The predicted molar refractivity (Wildman–Crippen MR) is 154 cm³/mol. The maximum Gasteiger partial charge on any atom is 0.338 e. The van der Waals surface area contributed by atoms with Gasteiger partial charge in [0.2, 0.25) is 0 Å². The van der Waals surface area contributed by atoms with Crippen LogP contribution in [0.3, 0.4) is 0 Å². The highest BCUT2D eigenvalue weighted by molar-refractivity contribution is 9.10. The van der Waals surface area contributed by atoms with Crippen LogP contribution in [0.5, 0.6) is 11.5 Å². The molecule has 2 aromatic carbocycles. The minimum atomic E-state index is -0.768. The second-order valence-corrected chi connectivity index (χ2v) is 10.7. The van der Waals surface area contributed by atoms with E-state index in [1.165, 1.54) is 18.4 Å². The SMILES string of the molecule is CCCCOc1ccc(C=c2sc3n(c2=O)C(c2ccccc2OC)C(C(=O)OCCOC)=C(C)N=3)cc1Br. The number of ether oxygens (including phenoxy) is 4. The van der Waals surface area contributed by atoms with E-state index in [1.54, 1.807) is 24.7 Å². The maximum atomic E-state index is 13.9. The van der Waals surface area contributed by atoms with E-state index < -0.39 is 12.0 Å². The fourth-order valence-corrected chi connectivity index (χ4v) is 5.82. The number of carbonyl (C=O) groups excluding carboxylic acids is 1. The number of carbonyl (C=O) groups is 1. The van der Waals surface area contributed by atoms with Gasteiger partial charge in [-0.2, -0.15) is 0 Å². The Morgan fingerprint density at radius 2 is 1.92 bits per heavy atom. The molecule has 1 atom stereocenters. The van der Waals surface area contributed by atoms with Crippen molar-refractivity contribution in [3.05, 3.63) is 89.0 Å². The van der Waals surface area contributed by atoms with Gasteiger partial charge in [0, 0.05) is 12.7 Å². The van der Waals surface area contributed by atoms with Gasteiger partial charge in [0.05, 0.1) is 40.6 Å². The molecule has 206 valence electrons. The fraction of sp³-hybridized carbons (Fsp3) is 0.345. The Kier molecular flexibility index (Phi) is 9.77. The van der Waals surface area contributed by atoms with E-state index in [-0.39, 0.29) is 24.3 Å². The Balaban J connectivity index is 1.82. The molecule has 10 heteroatoms. The van der Waals surface area contributed by atoms with E-state index in [2.05, 4.69) is 27.8 Å². The number of esters is 1. The normalized spacial score (nSPS) is 15.1. The van der Waals surface area contributed by atoms with Crippen molar-refractivity contribution in [1.82, 2.24) is 4.57 Å². The smallest absolute Gasteiger partial charge is 0.338 e. The summed E-state index contributed by atoms with van der Waals surface area (Å²) in [5.41, 5.74) is 2.00. The van der Waals surface area contributed by atoms with Crippen LogP contribution in [-0.4, -0.2) is 44.6 Å². The topological polar surface area (TPSA) is 88.4 Å². The highest BCUT2D eigenvalue weighted by Crippen LogP contribution is 2.35. The van der Waals surface area contributed by atoms with Gasteiger partial charge in [0.1, 0.15) is 24.1 Å². The van der Waals surface area contributed by atoms with E-state index in [1.807, 2.05) is 42.5 Å². The Bertz CT molecular complexity index is 1560. The predicted octanol–water partition coefficient (Wildman–Crippen LogP) is 4.37. The number of aromatic nitrogens is 1. The third-order valence-electron chi connectivity index (χ3n) is 6.20. The van der Waals surface area contributed by atoms with E-state index >= 15 is 0 Å². The zero-order valence-corrected chi connectivity index (χ0v) is 24.8. The second kappa shape index (κ2) is 13.2. The molecule has 1 unspecified atom stereocenters. The first-order valence-corrected chi connectivity index (χ1v) is 14.2. The zero-order valence-electron chi connectivity index (χ0n) is 22.4. The molecule has 0 aliphatic carbocycles. The Hall–Kier alpha value is -3.21. The van der Waals surface area contributed by atoms with Crippen molar-refractivity contribution in [3.63, 3.8) is 0 Å². The first kappa shape index (κ1) is 28.8. The molecular weight excluding hydrogens is 584 g/mol. The minimum Gasteiger partial charge on any atom is -0.496 e. The summed E-state index contributed by atoms with van der Waals surface area (Å²) in [6.45, 7) is 4.86. The summed E-state index contributed by atoms with van der Waals surface area (Å²) in [4.78, 5) is 32.3. The van der Waals surface area contributed by atoms with Crippen molar-refractivity contribution in [2.24, 2.45) is 4.99 Å². The average Bonchev–Trinajstić information content (AvgIpc) is 3.23. The van der Waals surface area contributed by atoms with Crippen LogP contribution in [0.2, 0.25) is 0 Å². The van der Waals surface area contributed by atoms with Gasteiger partial charge in [-0.1, -0.05) is 48.9 Å². The van der Waals surface area contributed by atoms with Gasteiger partial charge in [0.15, 0.2) is 4.80 Å². The summed E-state index contributed by atoms with van der Waals surface area (Å²) >= 11 is 4.85. The quantitative estimate of drug-likeness (QED) is 0.235. The summed E-state index contributed by atoms with van der Waals surface area (Å²) in [6, 6.07) is 12.3. The van der Waals surface area contributed by atoms with Gasteiger partial charge in [-0.05, 0) is 59.1 Å². The molecule has 0 radical (unpaired) electrons. The van der Waals surface area contributed by atoms with Crippen LogP contribution in [0.4, 0.5) is 0 Å². The number of hydrogen-bond donors (Lipinski definition) is 0. The molecular formula is C29H31BrN2O6S. The number of hydrogen-bond acceptors (Lipinski definition) is 8.